The number of rotatable bonds is 2. The molecule has 66 valence electrons. The van der Waals surface area contributed by atoms with E-state index in [-0.39, 0.29) is 6.04 Å². The Morgan fingerprint density at radius 1 is 1.45 bits per heavy atom. The van der Waals surface area contributed by atoms with Crippen LogP contribution in [0.25, 0.3) is 0 Å². The third kappa shape index (κ3) is 2.89. The third-order valence-electron chi connectivity index (χ3n) is 2.36. The largest absolute Gasteiger partial charge is 0.760 e. The Bertz CT molecular complexity index is 151. The summed E-state index contributed by atoms with van der Waals surface area (Å²) in [6.07, 6.45) is 4.54. The van der Waals surface area contributed by atoms with Crippen molar-refractivity contribution in [1.82, 2.24) is 4.72 Å². The van der Waals surface area contributed by atoms with Gasteiger partial charge in [-0.05, 0) is 18.8 Å². The van der Waals surface area contributed by atoms with E-state index >= 15 is 0 Å². The van der Waals surface area contributed by atoms with Gasteiger partial charge in [-0.15, -0.1) is 0 Å². The molecule has 0 aliphatic heterocycles. The fraction of sp³-hybridized carbons (Fsp3) is 1.00. The van der Waals surface area contributed by atoms with E-state index in [0.29, 0.717) is 5.92 Å². The molecule has 1 aliphatic carbocycles. The Balaban J connectivity index is 2.35. The van der Waals surface area contributed by atoms with Gasteiger partial charge in [-0.3, -0.25) is 4.21 Å². The molecule has 4 heteroatoms. The van der Waals surface area contributed by atoms with Crippen LogP contribution >= 0.6 is 0 Å². The van der Waals surface area contributed by atoms with Crippen LogP contribution in [0.4, 0.5) is 0 Å². The second-order valence-corrected chi connectivity index (χ2v) is 3.93. The normalized spacial score (nSPS) is 35.1. The van der Waals surface area contributed by atoms with Crippen molar-refractivity contribution in [3.63, 3.8) is 0 Å². The molecule has 1 N–H and O–H groups in total. The summed E-state index contributed by atoms with van der Waals surface area (Å²) in [6.45, 7) is 2.10. The minimum Gasteiger partial charge on any atom is -0.760 e. The zero-order valence-electron chi connectivity index (χ0n) is 6.71. The van der Waals surface area contributed by atoms with Crippen molar-refractivity contribution in [2.24, 2.45) is 5.92 Å². The topological polar surface area (TPSA) is 52.2 Å². The van der Waals surface area contributed by atoms with Gasteiger partial charge >= 0.3 is 0 Å². The van der Waals surface area contributed by atoms with Gasteiger partial charge < -0.3 is 4.55 Å². The lowest BCUT2D eigenvalue weighted by atomic mass is 9.87. The molecule has 0 bridgehead atoms. The predicted molar refractivity (Wildman–Crippen MR) is 43.5 cm³/mol. The monoisotopic (exact) mass is 176 g/mol. The van der Waals surface area contributed by atoms with Crippen LogP contribution < -0.4 is 4.72 Å². The first-order chi connectivity index (χ1) is 5.20. The third-order valence-corrected chi connectivity index (χ3v) is 2.85. The summed E-state index contributed by atoms with van der Waals surface area (Å²) in [6, 6.07) is 0.182. The van der Waals surface area contributed by atoms with Crippen LogP contribution in [0.3, 0.4) is 0 Å². The fourth-order valence-electron chi connectivity index (χ4n) is 1.61. The molecular formula is C7H14NO2S-. The second-order valence-electron chi connectivity index (χ2n) is 3.22. The molecular weight excluding hydrogens is 162 g/mol. The standard InChI is InChI=1S/C7H15NO2S/c1-6-4-2-3-5-7(6)8-11(9)10/h6-8H,2-5H2,1H3,(H,9,10)/p-1. The molecule has 0 saturated heterocycles. The van der Waals surface area contributed by atoms with Crippen molar-refractivity contribution in [3.05, 3.63) is 0 Å². The summed E-state index contributed by atoms with van der Waals surface area (Å²) in [5, 5.41) is 0. The van der Waals surface area contributed by atoms with Crippen LogP contribution in [0, 0.1) is 5.92 Å². The van der Waals surface area contributed by atoms with Crippen molar-refractivity contribution in [1.29, 1.82) is 0 Å². The average molecular weight is 176 g/mol. The van der Waals surface area contributed by atoms with E-state index < -0.39 is 11.3 Å². The predicted octanol–water partition coefficient (Wildman–Crippen LogP) is 0.949. The first-order valence-corrected chi connectivity index (χ1v) is 5.13. The van der Waals surface area contributed by atoms with Crippen molar-refractivity contribution in [2.45, 2.75) is 38.6 Å². The lowest BCUT2D eigenvalue weighted by Crippen LogP contribution is -2.38. The lowest BCUT2D eigenvalue weighted by molar-refractivity contribution is 0.308. The summed E-state index contributed by atoms with van der Waals surface area (Å²) in [5.74, 6) is 0.502. The summed E-state index contributed by atoms with van der Waals surface area (Å²) >= 11 is -2.08. The van der Waals surface area contributed by atoms with E-state index in [1.165, 1.54) is 6.42 Å². The summed E-state index contributed by atoms with van der Waals surface area (Å²) < 4.78 is 23.2. The number of hydrogen-bond donors (Lipinski definition) is 1. The lowest BCUT2D eigenvalue weighted by Gasteiger charge is -2.29. The minimum absolute atomic E-state index is 0.182. The van der Waals surface area contributed by atoms with Gasteiger partial charge in [0.2, 0.25) is 0 Å². The summed E-state index contributed by atoms with van der Waals surface area (Å²) in [7, 11) is 0. The van der Waals surface area contributed by atoms with Crippen molar-refractivity contribution < 1.29 is 8.76 Å². The zero-order chi connectivity index (χ0) is 8.27. The van der Waals surface area contributed by atoms with Gasteiger partial charge in [-0.1, -0.05) is 19.8 Å². The first-order valence-electron chi connectivity index (χ1n) is 4.05. The molecule has 1 rings (SSSR count). The molecule has 1 aliphatic rings. The molecule has 0 radical (unpaired) electrons. The van der Waals surface area contributed by atoms with Gasteiger partial charge in [0.1, 0.15) is 0 Å². The highest BCUT2D eigenvalue weighted by Gasteiger charge is 2.20. The van der Waals surface area contributed by atoms with E-state index in [9.17, 15) is 8.76 Å². The quantitative estimate of drug-likeness (QED) is 0.637. The average Bonchev–Trinajstić information content (AvgIpc) is 1.93. The SMILES string of the molecule is CC1CCCCC1NS(=O)[O-]. The molecule has 1 saturated carbocycles. The highest BCUT2D eigenvalue weighted by Crippen LogP contribution is 2.23. The molecule has 3 atom stereocenters. The zero-order valence-corrected chi connectivity index (χ0v) is 7.52. The second kappa shape index (κ2) is 4.18. The van der Waals surface area contributed by atoms with Gasteiger partial charge in [0.25, 0.3) is 0 Å². The van der Waals surface area contributed by atoms with Crippen molar-refractivity contribution >= 4 is 11.3 Å². The summed E-state index contributed by atoms with van der Waals surface area (Å²) in [4.78, 5) is 0. The van der Waals surface area contributed by atoms with Gasteiger partial charge in [0, 0.05) is 17.3 Å². The Kier molecular flexibility index (Phi) is 3.48. The molecule has 0 spiro atoms. The van der Waals surface area contributed by atoms with Crippen molar-refractivity contribution in [2.75, 3.05) is 0 Å². The molecule has 11 heavy (non-hydrogen) atoms. The summed E-state index contributed by atoms with van der Waals surface area (Å²) in [5.41, 5.74) is 0. The van der Waals surface area contributed by atoms with E-state index in [0.717, 1.165) is 19.3 Å². The first kappa shape index (κ1) is 9.16. The van der Waals surface area contributed by atoms with Gasteiger partial charge in [0.15, 0.2) is 0 Å². The maximum Gasteiger partial charge on any atom is 0.0210 e. The van der Waals surface area contributed by atoms with Crippen LogP contribution in [0.15, 0.2) is 0 Å². The number of nitrogens with one attached hydrogen (secondary N) is 1. The number of hydrogen-bond acceptors (Lipinski definition) is 2. The molecule has 0 aromatic heterocycles. The molecule has 3 nitrogen and oxygen atoms in total. The van der Waals surface area contributed by atoms with E-state index in [1.54, 1.807) is 0 Å². The maximum absolute atomic E-state index is 10.3. The Labute approximate surface area is 70.0 Å². The molecule has 0 aromatic carbocycles. The van der Waals surface area contributed by atoms with E-state index in [1.807, 2.05) is 0 Å². The molecule has 0 heterocycles. The van der Waals surface area contributed by atoms with Gasteiger partial charge in [0.05, 0.1) is 0 Å². The van der Waals surface area contributed by atoms with E-state index in [2.05, 4.69) is 11.6 Å². The highest BCUT2D eigenvalue weighted by atomic mass is 32.2. The van der Waals surface area contributed by atoms with Crippen LogP contribution in [0.1, 0.15) is 32.6 Å². The highest BCUT2D eigenvalue weighted by molar-refractivity contribution is 7.77. The van der Waals surface area contributed by atoms with Crippen LogP contribution in [0.5, 0.6) is 0 Å². The van der Waals surface area contributed by atoms with E-state index in [4.69, 9.17) is 0 Å². The van der Waals surface area contributed by atoms with Gasteiger partial charge in [-0.2, -0.15) is 0 Å². The molecule has 3 unspecified atom stereocenters. The molecule has 0 aromatic rings. The Morgan fingerprint density at radius 3 is 2.64 bits per heavy atom. The molecule has 0 amide bonds. The van der Waals surface area contributed by atoms with Crippen LogP contribution in [0.2, 0.25) is 0 Å². The smallest absolute Gasteiger partial charge is 0.0210 e. The minimum atomic E-state index is -2.08. The Hall–Kier alpha value is 0.0700. The maximum atomic E-state index is 10.3. The fourth-order valence-corrected chi connectivity index (χ4v) is 2.21. The van der Waals surface area contributed by atoms with Crippen LogP contribution in [-0.2, 0) is 11.3 Å². The Morgan fingerprint density at radius 2 is 2.09 bits per heavy atom. The van der Waals surface area contributed by atoms with Crippen LogP contribution in [-0.4, -0.2) is 14.8 Å². The van der Waals surface area contributed by atoms with Crippen molar-refractivity contribution in [3.8, 4) is 0 Å². The molecule has 1 fully saturated rings. The van der Waals surface area contributed by atoms with Gasteiger partial charge in [-0.25, -0.2) is 4.72 Å².